The first kappa shape index (κ1) is 15.0. The first-order chi connectivity index (χ1) is 7.20. The highest BCUT2D eigenvalue weighted by Crippen LogP contribution is 1.88. The number of rotatable bonds is 8. The maximum Gasteiger partial charge on any atom is 0.332 e. The monoisotopic (exact) mass is 270 g/mol. The average molecular weight is 270 g/mol. The zero-order valence-corrected chi connectivity index (χ0v) is 10.8. The summed E-state index contributed by atoms with van der Waals surface area (Å²) < 4.78 is 14.7. The first-order valence-electron chi connectivity index (χ1n) is 4.31. The Balaban J connectivity index is 3.36. The molecule has 0 fully saturated rings. The minimum atomic E-state index is -0.430. The van der Waals surface area contributed by atoms with Gasteiger partial charge in [0.05, 0.1) is 6.61 Å². The molecule has 4 nitrogen and oxygen atoms in total. The Bertz CT molecular complexity index is 178. The van der Waals surface area contributed by atoms with E-state index in [2.05, 4.69) is 25.3 Å². The summed E-state index contributed by atoms with van der Waals surface area (Å²) in [5.41, 5.74) is 0. The standard InChI is InChI=1S/C8H14O4S3/c9-7(11-1-3-13)5-10-6-8(15)12-2-4-14/h13-14H,1-6H2. The topological polar surface area (TPSA) is 44.8 Å². The van der Waals surface area contributed by atoms with Crippen LogP contribution in [0.25, 0.3) is 0 Å². The number of hydrogen-bond donors (Lipinski definition) is 2. The fourth-order valence-electron chi connectivity index (χ4n) is 0.620. The minimum Gasteiger partial charge on any atom is -0.484 e. The van der Waals surface area contributed by atoms with Crippen molar-refractivity contribution in [3.8, 4) is 0 Å². The molecule has 0 N–H and O–H groups in total. The van der Waals surface area contributed by atoms with E-state index in [0.717, 1.165) is 0 Å². The molecule has 7 heteroatoms. The number of thiol groups is 2. The molecular formula is C8H14O4S3. The van der Waals surface area contributed by atoms with Crippen LogP contribution in [-0.4, -0.2) is 49.0 Å². The van der Waals surface area contributed by atoms with Gasteiger partial charge >= 0.3 is 5.97 Å². The normalized spacial score (nSPS) is 9.73. The summed E-state index contributed by atoms with van der Waals surface area (Å²) in [4.78, 5) is 10.9. The van der Waals surface area contributed by atoms with Crippen LogP contribution >= 0.6 is 37.5 Å². The molecule has 0 aliphatic rings. The summed E-state index contributed by atoms with van der Waals surface area (Å²) in [5.74, 6) is 0.653. The van der Waals surface area contributed by atoms with E-state index in [1.165, 1.54) is 0 Å². The lowest BCUT2D eigenvalue weighted by Gasteiger charge is -2.06. The fourth-order valence-corrected chi connectivity index (χ4v) is 0.969. The Morgan fingerprint density at radius 1 is 1.07 bits per heavy atom. The summed E-state index contributed by atoms with van der Waals surface area (Å²) in [6, 6.07) is 0. The van der Waals surface area contributed by atoms with Gasteiger partial charge in [0.25, 0.3) is 0 Å². The van der Waals surface area contributed by atoms with E-state index in [-0.39, 0.29) is 19.8 Å². The Morgan fingerprint density at radius 3 is 2.27 bits per heavy atom. The van der Waals surface area contributed by atoms with E-state index in [9.17, 15) is 4.79 Å². The highest BCUT2D eigenvalue weighted by atomic mass is 32.1. The van der Waals surface area contributed by atoms with Crippen molar-refractivity contribution in [1.29, 1.82) is 0 Å². The molecule has 88 valence electrons. The molecule has 0 unspecified atom stereocenters. The Morgan fingerprint density at radius 2 is 1.67 bits per heavy atom. The van der Waals surface area contributed by atoms with Crippen molar-refractivity contribution >= 4 is 48.5 Å². The van der Waals surface area contributed by atoms with Gasteiger partial charge in [-0.2, -0.15) is 25.3 Å². The Hall–Kier alpha value is 0.0200. The molecule has 0 atom stereocenters. The largest absolute Gasteiger partial charge is 0.484 e. The van der Waals surface area contributed by atoms with Crippen molar-refractivity contribution in [2.24, 2.45) is 0 Å². The maximum absolute atomic E-state index is 10.9. The van der Waals surface area contributed by atoms with Gasteiger partial charge in [-0.05, 0) is 12.2 Å². The summed E-state index contributed by atoms with van der Waals surface area (Å²) in [6.07, 6.45) is 0. The van der Waals surface area contributed by atoms with E-state index in [0.29, 0.717) is 23.2 Å². The third kappa shape index (κ3) is 10.3. The van der Waals surface area contributed by atoms with Gasteiger partial charge < -0.3 is 14.2 Å². The molecule has 0 bridgehead atoms. The lowest BCUT2D eigenvalue weighted by Crippen LogP contribution is -2.18. The van der Waals surface area contributed by atoms with Crippen LogP contribution in [0.3, 0.4) is 0 Å². The molecule has 0 aromatic carbocycles. The van der Waals surface area contributed by atoms with Crippen molar-refractivity contribution in [3.63, 3.8) is 0 Å². The van der Waals surface area contributed by atoms with Gasteiger partial charge in [-0.25, -0.2) is 4.79 Å². The second-order valence-corrected chi connectivity index (χ2v) is 3.73. The van der Waals surface area contributed by atoms with Crippen LogP contribution in [0.5, 0.6) is 0 Å². The van der Waals surface area contributed by atoms with Crippen LogP contribution in [0.4, 0.5) is 0 Å². The predicted molar refractivity (Wildman–Crippen MR) is 68.0 cm³/mol. The molecule has 0 aliphatic heterocycles. The third-order valence-electron chi connectivity index (χ3n) is 1.15. The van der Waals surface area contributed by atoms with Crippen LogP contribution in [0.1, 0.15) is 0 Å². The van der Waals surface area contributed by atoms with Crippen LogP contribution in [0.15, 0.2) is 0 Å². The molecule has 0 aromatic heterocycles. The van der Waals surface area contributed by atoms with Crippen molar-refractivity contribution in [2.45, 2.75) is 0 Å². The number of esters is 1. The highest BCUT2D eigenvalue weighted by Gasteiger charge is 2.04. The van der Waals surface area contributed by atoms with Crippen molar-refractivity contribution in [3.05, 3.63) is 0 Å². The first-order valence-corrected chi connectivity index (χ1v) is 5.98. The molecule has 0 amide bonds. The Labute approximate surface area is 105 Å². The van der Waals surface area contributed by atoms with Crippen molar-refractivity contribution < 1.29 is 19.0 Å². The minimum absolute atomic E-state index is 0.110. The second-order valence-electron chi connectivity index (χ2n) is 2.38. The molecular weight excluding hydrogens is 256 g/mol. The van der Waals surface area contributed by atoms with Gasteiger partial charge in [-0.1, -0.05) is 0 Å². The van der Waals surface area contributed by atoms with E-state index >= 15 is 0 Å². The van der Waals surface area contributed by atoms with Gasteiger partial charge in [0.15, 0.2) is 5.05 Å². The third-order valence-corrected chi connectivity index (χ3v) is 1.75. The zero-order valence-electron chi connectivity index (χ0n) is 8.18. The molecule has 0 radical (unpaired) electrons. The van der Waals surface area contributed by atoms with E-state index in [1.54, 1.807) is 0 Å². The molecule has 15 heavy (non-hydrogen) atoms. The lowest BCUT2D eigenvalue weighted by atomic mass is 10.7. The van der Waals surface area contributed by atoms with Crippen LogP contribution in [-0.2, 0) is 19.0 Å². The van der Waals surface area contributed by atoms with E-state index in [1.807, 2.05) is 0 Å². The second kappa shape index (κ2) is 10.5. The zero-order chi connectivity index (χ0) is 11.5. The number of thiocarbonyl (C=S) groups is 1. The lowest BCUT2D eigenvalue weighted by molar-refractivity contribution is -0.147. The molecule has 0 spiro atoms. The number of hydrogen-bond acceptors (Lipinski definition) is 7. The van der Waals surface area contributed by atoms with Crippen molar-refractivity contribution in [2.75, 3.05) is 37.9 Å². The molecule has 0 saturated heterocycles. The fraction of sp³-hybridized carbons (Fsp3) is 0.750. The van der Waals surface area contributed by atoms with E-state index < -0.39 is 5.97 Å². The molecule has 0 rings (SSSR count). The van der Waals surface area contributed by atoms with Crippen LogP contribution in [0, 0.1) is 0 Å². The number of carbonyl (C=O) groups is 1. The van der Waals surface area contributed by atoms with Gasteiger partial charge in [-0.3, -0.25) is 0 Å². The molecule has 0 saturated carbocycles. The smallest absolute Gasteiger partial charge is 0.332 e. The highest BCUT2D eigenvalue weighted by molar-refractivity contribution is 7.80. The van der Waals surface area contributed by atoms with Gasteiger partial charge in [0.1, 0.15) is 19.8 Å². The maximum atomic E-state index is 10.9. The summed E-state index contributed by atoms with van der Waals surface area (Å²) >= 11 is 12.7. The van der Waals surface area contributed by atoms with Gasteiger partial charge in [0, 0.05) is 11.5 Å². The predicted octanol–water partition coefficient (Wildman–Crippen LogP) is 0.750. The van der Waals surface area contributed by atoms with Crippen molar-refractivity contribution in [1.82, 2.24) is 0 Å². The summed E-state index contributed by atoms with van der Waals surface area (Å²) in [6.45, 7) is 0.707. The van der Waals surface area contributed by atoms with Gasteiger partial charge in [-0.15, -0.1) is 0 Å². The summed E-state index contributed by atoms with van der Waals surface area (Å²) in [7, 11) is 0. The number of ether oxygens (including phenoxy) is 3. The molecule has 0 heterocycles. The summed E-state index contributed by atoms with van der Waals surface area (Å²) in [5, 5.41) is 0.311. The Kier molecular flexibility index (Phi) is 10.5. The molecule has 0 aromatic rings. The quantitative estimate of drug-likeness (QED) is 0.387. The number of carbonyl (C=O) groups excluding carboxylic acids is 1. The van der Waals surface area contributed by atoms with Crippen LogP contribution in [0.2, 0.25) is 0 Å². The molecule has 0 aliphatic carbocycles. The average Bonchev–Trinajstić information content (AvgIpc) is 2.23. The van der Waals surface area contributed by atoms with E-state index in [4.69, 9.17) is 26.4 Å². The van der Waals surface area contributed by atoms with Crippen LogP contribution < -0.4 is 0 Å². The van der Waals surface area contributed by atoms with Gasteiger partial charge in [0.2, 0.25) is 0 Å². The SMILES string of the molecule is O=C(COCC(=S)OCCS)OCCS.